The van der Waals surface area contributed by atoms with Crippen molar-refractivity contribution in [2.24, 2.45) is 4.99 Å². The average molecular weight is 482 g/mol. The first-order chi connectivity index (χ1) is 11.6. The highest BCUT2D eigenvalue weighted by Gasteiger charge is 2.27. The first-order valence-electron chi connectivity index (χ1n) is 8.29. The first kappa shape index (κ1) is 22.0. The van der Waals surface area contributed by atoms with Crippen molar-refractivity contribution in [1.82, 2.24) is 14.9 Å². The highest BCUT2D eigenvalue weighted by atomic mass is 127. The van der Waals surface area contributed by atoms with Gasteiger partial charge < -0.3 is 15.4 Å². The molecule has 1 aliphatic rings. The summed E-state index contributed by atoms with van der Waals surface area (Å²) in [7, 11) is -3.05. The third kappa shape index (κ3) is 7.78. The molecule has 2 rings (SSSR count). The fraction of sp³-hybridized carbons (Fsp3) is 0.562. The molecular weight excluding hydrogens is 455 g/mol. The van der Waals surface area contributed by atoms with E-state index in [0.717, 1.165) is 12.3 Å². The minimum atomic E-state index is -3.05. The van der Waals surface area contributed by atoms with Crippen LogP contribution < -0.4 is 15.4 Å². The van der Waals surface area contributed by atoms with Gasteiger partial charge in [0.25, 0.3) is 0 Å². The smallest absolute Gasteiger partial charge is 0.214 e. The first-order valence-corrected chi connectivity index (χ1v) is 9.90. The molecule has 1 aromatic carbocycles. The van der Waals surface area contributed by atoms with E-state index < -0.39 is 10.0 Å². The van der Waals surface area contributed by atoms with Gasteiger partial charge in [0.05, 0.1) is 18.8 Å². The quantitative estimate of drug-likeness (QED) is 0.253. The molecular formula is C16H27IN4O3S. The normalized spacial score (nSPS) is 16.9. The molecule has 2 N–H and O–H groups in total. The van der Waals surface area contributed by atoms with Gasteiger partial charge in [-0.3, -0.25) is 4.99 Å². The molecule has 0 bridgehead atoms. The summed E-state index contributed by atoms with van der Waals surface area (Å²) in [5, 5.41) is 6.33. The second-order valence-electron chi connectivity index (χ2n) is 5.42. The van der Waals surface area contributed by atoms with Gasteiger partial charge in [-0.25, -0.2) is 12.7 Å². The lowest BCUT2D eigenvalue weighted by Gasteiger charge is -2.14. The van der Waals surface area contributed by atoms with Gasteiger partial charge in [-0.2, -0.15) is 0 Å². The molecule has 0 aromatic heterocycles. The Kier molecular flexibility index (Phi) is 10.1. The summed E-state index contributed by atoms with van der Waals surface area (Å²) in [5.41, 5.74) is 0. The molecule has 0 saturated carbocycles. The summed E-state index contributed by atoms with van der Waals surface area (Å²) in [6, 6.07) is 9.63. The van der Waals surface area contributed by atoms with Gasteiger partial charge in [0.1, 0.15) is 12.4 Å². The number of sulfonamides is 1. The molecule has 25 heavy (non-hydrogen) atoms. The molecule has 0 atom stereocenters. The molecule has 0 spiro atoms. The number of aliphatic imine (C=N–C) groups is 1. The van der Waals surface area contributed by atoms with Gasteiger partial charge in [0.2, 0.25) is 10.0 Å². The highest BCUT2D eigenvalue weighted by Crippen LogP contribution is 2.12. The molecule has 0 amide bonds. The molecule has 1 saturated heterocycles. The summed E-state index contributed by atoms with van der Waals surface area (Å²) in [4.78, 5) is 4.42. The van der Waals surface area contributed by atoms with E-state index in [1.54, 1.807) is 0 Å². The molecule has 1 heterocycles. The Morgan fingerprint density at radius 3 is 2.68 bits per heavy atom. The lowest BCUT2D eigenvalue weighted by Crippen LogP contribution is -2.40. The van der Waals surface area contributed by atoms with Crippen molar-refractivity contribution in [2.45, 2.75) is 13.3 Å². The summed E-state index contributed by atoms with van der Waals surface area (Å²) < 4.78 is 30.6. The number of benzene rings is 1. The van der Waals surface area contributed by atoms with Crippen LogP contribution in [0.1, 0.15) is 13.3 Å². The number of nitrogens with one attached hydrogen (secondary N) is 2. The van der Waals surface area contributed by atoms with E-state index in [1.807, 2.05) is 37.3 Å². The Balaban J connectivity index is 0.00000312. The Morgan fingerprint density at radius 1 is 1.28 bits per heavy atom. The SMILES string of the molecule is CCNC(=NCCN1CCCS1(=O)=O)NCCOc1ccccc1.I. The van der Waals surface area contributed by atoms with Crippen LogP contribution in [0.25, 0.3) is 0 Å². The van der Waals surface area contributed by atoms with Crippen LogP contribution in [0.3, 0.4) is 0 Å². The summed E-state index contributed by atoms with van der Waals surface area (Å²) in [6.45, 7) is 5.34. The van der Waals surface area contributed by atoms with Crippen LogP contribution in [-0.2, 0) is 10.0 Å². The Hall–Kier alpha value is -1.07. The number of hydrogen-bond acceptors (Lipinski definition) is 4. The van der Waals surface area contributed by atoms with E-state index in [4.69, 9.17) is 4.74 Å². The highest BCUT2D eigenvalue weighted by molar-refractivity contribution is 14.0. The van der Waals surface area contributed by atoms with Crippen LogP contribution in [0.15, 0.2) is 35.3 Å². The molecule has 7 nitrogen and oxygen atoms in total. The van der Waals surface area contributed by atoms with Crippen molar-refractivity contribution in [3.05, 3.63) is 30.3 Å². The van der Waals surface area contributed by atoms with Crippen molar-refractivity contribution in [1.29, 1.82) is 0 Å². The molecule has 142 valence electrons. The number of guanidine groups is 1. The maximum absolute atomic E-state index is 11.7. The molecule has 1 aliphatic heterocycles. The zero-order valence-electron chi connectivity index (χ0n) is 14.5. The molecule has 0 radical (unpaired) electrons. The van der Waals surface area contributed by atoms with Gasteiger partial charge in [0, 0.05) is 19.6 Å². The minimum Gasteiger partial charge on any atom is -0.492 e. The topological polar surface area (TPSA) is 83.0 Å². The molecule has 0 unspecified atom stereocenters. The predicted octanol–water partition coefficient (Wildman–Crippen LogP) is 1.27. The van der Waals surface area contributed by atoms with E-state index in [0.29, 0.717) is 45.2 Å². The van der Waals surface area contributed by atoms with Crippen LogP contribution >= 0.6 is 24.0 Å². The fourth-order valence-corrected chi connectivity index (χ4v) is 3.93. The van der Waals surface area contributed by atoms with Gasteiger partial charge >= 0.3 is 0 Å². The third-order valence-corrected chi connectivity index (χ3v) is 5.53. The van der Waals surface area contributed by atoms with Crippen molar-refractivity contribution in [2.75, 3.05) is 45.1 Å². The Labute approximate surface area is 167 Å². The third-order valence-electron chi connectivity index (χ3n) is 3.57. The number of hydrogen-bond donors (Lipinski definition) is 2. The Bertz CT molecular complexity index is 626. The summed E-state index contributed by atoms with van der Waals surface area (Å²) in [6.07, 6.45) is 0.710. The van der Waals surface area contributed by atoms with E-state index >= 15 is 0 Å². The van der Waals surface area contributed by atoms with Gasteiger partial charge in [-0.05, 0) is 25.5 Å². The summed E-state index contributed by atoms with van der Waals surface area (Å²) in [5.74, 6) is 1.76. The zero-order valence-corrected chi connectivity index (χ0v) is 17.6. The van der Waals surface area contributed by atoms with Crippen LogP contribution in [0.5, 0.6) is 5.75 Å². The van der Waals surface area contributed by atoms with Gasteiger partial charge in [0.15, 0.2) is 5.96 Å². The second-order valence-corrected chi connectivity index (χ2v) is 7.51. The van der Waals surface area contributed by atoms with Crippen molar-refractivity contribution >= 4 is 40.0 Å². The maximum Gasteiger partial charge on any atom is 0.214 e. The van der Waals surface area contributed by atoms with Crippen LogP contribution in [-0.4, -0.2) is 63.8 Å². The zero-order chi connectivity index (χ0) is 17.3. The fourth-order valence-electron chi connectivity index (χ4n) is 2.41. The Morgan fingerprint density at radius 2 is 2.04 bits per heavy atom. The number of para-hydroxylation sites is 1. The molecule has 9 heteroatoms. The molecule has 1 aromatic rings. The lowest BCUT2D eigenvalue weighted by molar-refractivity contribution is 0.322. The van der Waals surface area contributed by atoms with Crippen LogP contribution in [0.4, 0.5) is 0 Å². The lowest BCUT2D eigenvalue weighted by atomic mass is 10.3. The monoisotopic (exact) mass is 482 g/mol. The van der Waals surface area contributed by atoms with E-state index in [-0.39, 0.29) is 29.7 Å². The molecule has 0 aliphatic carbocycles. The van der Waals surface area contributed by atoms with Crippen molar-refractivity contribution in [3.63, 3.8) is 0 Å². The maximum atomic E-state index is 11.7. The van der Waals surface area contributed by atoms with E-state index in [1.165, 1.54) is 4.31 Å². The van der Waals surface area contributed by atoms with Crippen LogP contribution in [0.2, 0.25) is 0 Å². The predicted molar refractivity (Wildman–Crippen MR) is 111 cm³/mol. The average Bonchev–Trinajstić information content (AvgIpc) is 2.91. The van der Waals surface area contributed by atoms with Crippen molar-refractivity contribution in [3.8, 4) is 5.75 Å². The van der Waals surface area contributed by atoms with Gasteiger partial charge in [-0.15, -0.1) is 24.0 Å². The van der Waals surface area contributed by atoms with Gasteiger partial charge in [-0.1, -0.05) is 18.2 Å². The van der Waals surface area contributed by atoms with Crippen LogP contribution in [0, 0.1) is 0 Å². The molecule has 1 fully saturated rings. The van der Waals surface area contributed by atoms with E-state index in [2.05, 4.69) is 15.6 Å². The number of halogens is 1. The number of rotatable bonds is 8. The minimum absolute atomic E-state index is 0. The van der Waals surface area contributed by atoms with E-state index in [9.17, 15) is 8.42 Å². The van der Waals surface area contributed by atoms with Crippen molar-refractivity contribution < 1.29 is 13.2 Å². The largest absolute Gasteiger partial charge is 0.492 e. The second kappa shape index (κ2) is 11.5. The standard InChI is InChI=1S/C16H26N4O3S.HI/c1-2-17-16(18-9-12-20-11-6-14-24(20,21)22)19-10-13-23-15-7-4-3-5-8-15;/h3-5,7-8H,2,6,9-14H2,1H3,(H2,17,18,19);1H. The number of ether oxygens (including phenoxy) is 1. The summed E-state index contributed by atoms with van der Waals surface area (Å²) >= 11 is 0. The number of nitrogens with zero attached hydrogens (tertiary/aromatic N) is 2.